The van der Waals surface area contributed by atoms with E-state index in [-0.39, 0.29) is 47.3 Å². The second kappa shape index (κ2) is 6.38. The van der Waals surface area contributed by atoms with E-state index in [1.165, 1.54) is 4.90 Å². The maximum Gasteiger partial charge on any atom is 0.247 e. The van der Waals surface area contributed by atoms with E-state index >= 15 is 0 Å². The van der Waals surface area contributed by atoms with Crippen molar-refractivity contribution in [3.63, 3.8) is 0 Å². The number of allylic oxidation sites excluding steroid dienone is 2. The Kier molecular flexibility index (Phi) is 4.17. The van der Waals surface area contributed by atoms with Crippen LogP contribution in [0.1, 0.15) is 26.7 Å². The number of amides is 3. The number of anilines is 1. The van der Waals surface area contributed by atoms with Gasteiger partial charge < -0.3 is 5.32 Å². The minimum atomic E-state index is -0.750. The van der Waals surface area contributed by atoms with E-state index in [1.807, 2.05) is 32.0 Å². The van der Waals surface area contributed by atoms with E-state index < -0.39 is 6.04 Å². The first kappa shape index (κ1) is 17.0. The lowest BCUT2D eigenvalue weighted by atomic mass is 9.85. The van der Waals surface area contributed by atoms with Crippen molar-refractivity contribution < 1.29 is 14.4 Å². The predicted molar refractivity (Wildman–Crippen MR) is 97.9 cm³/mol. The van der Waals surface area contributed by atoms with Gasteiger partial charge in [0.25, 0.3) is 0 Å². The van der Waals surface area contributed by atoms with Crippen LogP contribution in [0.5, 0.6) is 0 Å². The Morgan fingerprint density at radius 3 is 2.19 bits per heavy atom. The molecule has 1 N–H and O–H groups in total. The quantitative estimate of drug-likeness (QED) is 0.654. The van der Waals surface area contributed by atoms with Gasteiger partial charge in [0.1, 0.15) is 6.04 Å². The molecule has 1 aromatic carbocycles. The number of nitrogens with zero attached hydrogens (tertiary/aromatic N) is 1. The summed E-state index contributed by atoms with van der Waals surface area (Å²) in [5, 5.41) is 2.87. The van der Waals surface area contributed by atoms with Crippen LogP contribution in [0.3, 0.4) is 0 Å². The molecule has 1 aliphatic heterocycles. The van der Waals surface area contributed by atoms with Gasteiger partial charge in [-0.25, -0.2) is 0 Å². The van der Waals surface area contributed by atoms with Gasteiger partial charge in [0.2, 0.25) is 17.7 Å². The molecule has 2 bridgehead atoms. The van der Waals surface area contributed by atoms with Gasteiger partial charge in [-0.3, -0.25) is 19.3 Å². The Bertz CT molecular complexity index is 741. The summed E-state index contributed by atoms with van der Waals surface area (Å²) < 4.78 is 0. The first-order valence-corrected chi connectivity index (χ1v) is 9.38. The maximum absolute atomic E-state index is 13.1. The van der Waals surface area contributed by atoms with E-state index in [2.05, 4.69) is 17.5 Å². The summed E-state index contributed by atoms with van der Waals surface area (Å²) in [6.07, 6.45) is 5.51. The minimum absolute atomic E-state index is 0.156. The van der Waals surface area contributed by atoms with Crippen molar-refractivity contribution in [3.8, 4) is 0 Å². The first-order valence-electron chi connectivity index (χ1n) is 9.38. The first-order chi connectivity index (χ1) is 12.5. The molecular weight excluding hydrogens is 328 g/mol. The predicted octanol–water partition coefficient (Wildman–Crippen LogP) is 2.85. The van der Waals surface area contributed by atoms with Gasteiger partial charge in [-0.05, 0) is 42.7 Å². The molecule has 2 aliphatic carbocycles. The molecule has 4 rings (SSSR count). The number of rotatable bonds is 5. The molecule has 5 heteroatoms. The number of hydrogen-bond donors (Lipinski definition) is 1. The monoisotopic (exact) mass is 352 g/mol. The highest BCUT2D eigenvalue weighted by molar-refractivity contribution is 6.10. The molecule has 0 aromatic heterocycles. The number of carbonyl (C=O) groups excluding carboxylic acids is 3. The average Bonchev–Trinajstić information content (AvgIpc) is 3.28. The largest absolute Gasteiger partial charge is 0.324 e. The van der Waals surface area contributed by atoms with Gasteiger partial charge in [0.05, 0.1) is 11.8 Å². The molecule has 136 valence electrons. The summed E-state index contributed by atoms with van der Waals surface area (Å²) in [6.45, 7) is 4.00. The van der Waals surface area contributed by atoms with Crippen molar-refractivity contribution in [3.05, 3.63) is 42.5 Å². The van der Waals surface area contributed by atoms with Crippen molar-refractivity contribution in [2.75, 3.05) is 5.32 Å². The van der Waals surface area contributed by atoms with Crippen LogP contribution in [0.25, 0.3) is 0 Å². The fraction of sp³-hybridized carbons (Fsp3) is 0.476. The lowest BCUT2D eigenvalue weighted by Gasteiger charge is -2.28. The third kappa shape index (κ3) is 2.66. The molecule has 3 amide bonds. The smallest absolute Gasteiger partial charge is 0.247 e. The van der Waals surface area contributed by atoms with Gasteiger partial charge in [0, 0.05) is 5.69 Å². The fourth-order valence-electron chi connectivity index (χ4n) is 4.76. The highest BCUT2D eigenvalue weighted by Crippen LogP contribution is 2.53. The molecule has 1 aromatic rings. The molecule has 26 heavy (non-hydrogen) atoms. The molecule has 0 unspecified atom stereocenters. The molecule has 1 saturated heterocycles. The van der Waals surface area contributed by atoms with Gasteiger partial charge >= 0.3 is 0 Å². The minimum Gasteiger partial charge on any atom is -0.324 e. The zero-order valence-electron chi connectivity index (χ0n) is 15.1. The number of carbonyl (C=O) groups is 3. The second-order valence-electron chi connectivity index (χ2n) is 8.05. The van der Waals surface area contributed by atoms with Crippen molar-refractivity contribution in [1.82, 2.24) is 4.90 Å². The number of likely N-dealkylation sites (tertiary alicyclic amines) is 1. The molecule has 0 spiro atoms. The van der Waals surface area contributed by atoms with Crippen molar-refractivity contribution in [2.24, 2.45) is 29.6 Å². The van der Waals surface area contributed by atoms with Crippen LogP contribution < -0.4 is 5.32 Å². The van der Waals surface area contributed by atoms with Gasteiger partial charge in [0.15, 0.2) is 0 Å². The van der Waals surface area contributed by atoms with Crippen LogP contribution in [0.2, 0.25) is 0 Å². The Balaban J connectivity index is 1.60. The summed E-state index contributed by atoms with van der Waals surface area (Å²) in [6, 6.07) is 8.41. The van der Waals surface area contributed by atoms with Crippen molar-refractivity contribution in [2.45, 2.75) is 32.7 Å². The van der Waals surface area contributed by atoms with E-state index in [9.17, 15) is 14.4 Å². The van der Waals surface area contributed by atoms with Crippen LogP contribution in [-0.4, -0.2) is 28.7 Å². The van der Waals surface area contributed by atoms with Crippen molar-refractivity contribution >= 4 is 23.4 Å². The average molecular weight is 352 g/mol. The fourth-order valence-corrected chi connectivity index (χ4v) is 4.76. The van der Waals surface area contributed by atoms with E-state index in [0.717, 1.165) is 6.42 Å². The lowest BCUT2D eigenvalue weighted by Crippen LogP contribution is -2.49. The summed E-state index contributed by atoms with van der Waals surface area (Å²) >= 11 is 0. The summed E-state index contributed by atoms with van der Waals surface area (Å²) in [5.41, 5.74) is 0.673. The zero-order chi connectivity index (χ0) is 18.4. The topological polar surface area (TPSA) is 66.5 Å². The highest BCUT2D eigenvalue weighted by Gasteiger charge is 2.61. The molecule has 0 radical (unpaired) electrons. The lowest BCUT2D eigenvalue weighted by molar-refractivity contribution is -0.147. The molecule has 5 atom stereocenters. The van der Waals surface area contributed by atoms with Gasteiger partial charge in [-0.15, -0.1) is 0 Å². The number of fused-ring (bicyclic) bond motifs is 5. The van der Waals surface area contributed by atoms with Crippen LogP contribution in [-0.2, 0) is 14.4 Å². The summed E-state index contributed by atoms with van der Waals surface area (Å²) in [7, 11) is 0. The molecular formula is C21H24N2O3. The SMILES string of the molecule is CC(C)C[C@@H](C(=O)Nc1ccccc1)N1C(=O)[C@@H]2[C@@H](C1=O)[C@H]1C=C[C@H]2C1. The third-order valence-corrected chi connectivity index (χ3v) is 5.85. The summed E-state index contributed by atoms with van der Waals surface area (Å²) in [5.74, 6) is -0.638. The third-order valence-electron chi connectivity index (χ3n) is 5.85. The zero-order valence-corrected chi connectivity index (χ0v) is 15.1. The van der Waals surface area contributed by atoms with Crippen LogP contribution in [0, 0.1) is 29.6 Å². The standard InChI is InChI=1S/C21H24N2O3/c1-12(2)10-16(19(24)22-15-6-4-3-5-7-15)23-20(25)17-13-8-9-14(11-13)18(17)21(23)26/h3-9,12-14,16-18H,10-11H2,1-2H3,(H,22,24)/t13-,14-,16-,17-,18-/m0/s1. The van der Waals surface area contributed by atoms with Crippen molar-refractivity contribution in [1.29, 1.82) is 0 Å². The summed E-state index contributed by atoms with van der Waals surface area (Å²) in [4.78, 5) is 40.3. The Morgan fingerprint density at radius 2 is 1.65 bits per heavy atom. The van der Waals surface area contributed by atoms with Crippen LogP contribution in [0.15, 0.2) is 42.5 Å². The maximum atomic E-state index is 13.1. The van der Waals surface area contributed by atoms with Gasteiger partial charge in [-0.1, -0.05) is 44.2 Å². The Labute approximate surface area is 153 Å². The normalized spacial score (nSPS) is 30.2. The number of nitrogens with one attached hydrogen (secondary N) is 1. The van der Waals surface area contributed by atoms with E-state index in [4.69, 9.17) is 0 Å². The molecule has 2 fully saturated rings. The van der Waals surface area contributed by atoms with Gasteiger partial charge in [-0.2, -0.15) is 0 Å². The second-order valence-corrected chi connectivity index (χ2v) is 8.05. The number of hydrogen-bond acceptors (Lipinski definition) is 3. The van der Waals surface area contributed by atoms with Crippen LogP contribution >= 0.6 is 0 Å². The van der Waals surface area contributed by atoms with E-state index in [0.29, 0.717) is 12.1 Å². The van der Waals surface area contributed by atoms with Crippen LogP contribution in [0.4, 0.5) is 5.69 Å². The van der Waals surface area contributed by atoms with E-state index in [1.54, 1.807) is 12.1 Å². The molecule has 1 heterocycles. The Hall–Kier alpha value is -2.43. The number of para-hydroxylation sites is 1. The molecule has 5 nitrogen and oxygen atoms in total. The Morgan fingerprint density at radius 1 is 1.08 bits per heavy atom. The number of imide groups is 1. The highest BCUT2D eigenvalue weighted by atomic mass is 16.2. The number of benzene rings is 1. The molecule has 3 aliphatic rings. The molecule has 1 saturated carbocycles.